The average Bonchev–Trinajstić information content (AvgIpc) is 3.00. The fourth-order valence-electron chi connectivity index (χ4n) is 2.22. The smallest absolute Gasteiger partial charge is 0.410 e. The molecule has 3 aromatic rings. The molecule has 0 radical (unpaired) electrons. The van der Waals surface area contributed by atoms with E-state index >= 15 is 0 Å². The molecule has 1 heterocycles. The molecular formula is C17H11ClF3N3O2. The highest BCUT2D eigenvalue weighted by molar-refractivity contribution is 6.30. The maximum Gasteiger partial charge on any atom is 0.435 e. The fourth-order valence-corrected chi connectivity index (χ4v) is 2.35. The van der Waals surface area contributed by atoms with Crippen molar-refractivity contribution in [2.75, 3.05) is 5.32 Å². The van der Waals surface area contributed by atoms with Gasteiger partial charge in [0.25, 0.3) is 0 Å². The van der Waals surface area contributed by atoms with Crippen LogP contribution in [0.2, 0.25) is 5.02 Å². The zero-order chi connectivity index (χ0) is 18.7. The van der Waals surface area contributed by atoms with Crippen molar-refractivity contribution in [2.45, 2.75) is 6.18 Å². The summed E-state index contributed by atoms with van der Waals surface area (Å²) < 4.78 is 46.1. The molecule has 3 rings (SSSR count). The molecule has 1 amide bonds. The maximum absolute atomic E-state index is 13.5. The lowest BCUT2D eigenvalue weighted by molar-refractivity contribution is -0.142. The van der Waals surface area contributed by atoms with Gasteiger partial charge < -0.3 is 4.74 Å². The maximum atomic E-state index is 13.5. The van der Waals surface area contributed by atoms with E-state index in [2.05, 4.69) is 10.4 Å². The molecule has 0 atom stereocenters. The van der Waals surface area contributed by atoms with Crippen molar-refractivity contribution < 1.29 is 22.7 Å². The zero-order valence-electron chi connectivity index (χ0n) is 13.0. The Kier molecular flexibility index (Phi) is 4.85. The van der Waals surface area contributed by atoms with E-state index in [9.17, 15) is 18.0 Å². The Hall–Kier alpha value is -3.00. The Bertz CT molecular complexity index is 909. The van der Waals surface area contributed by atoms with Crippen molar-refractivity contribution >= 4 is 23.4 Å². The minimum absolute atomic E-state index is 0.145. The van der Waals surface area contributed by atoms with Crippen LogP contribution in [0.5, 0.6) is 5.75 Å². The number of rotatable bonds is 3. The van der Waals surface area contributed by atoms with Crippen LogP contribution < -0.4 is 10.1 Å². The van der Waals surface area contributed by atoms with Crippen LogP contribution in [-0.2, 0) is 6.18 Å². The third kappa shape index (κ3) is 3.97. The first-order valence-corrected chi connectivity index (χ1v) is 7.67. The summed E-state index contributed by atoms with van der Waals surface area (Å²) in [5.41, 5.74) is -1.51. The summed E-state index contributed by atoms with van der Waals surface area (Å²) in [5.74, 6) is 0.198. The summed E-state index contributed by atoms with van der Waals surface area (Å²) in [5, 5.41) is 6.18. The van der Waals surface area contributed by atoms with Gasteiger partial charge in [-0.25, -0.2) is 9.48 Å². The van der Waals surface area contributed by atoms with Crippen molar-refractivity contribution in [2.24, 2.45) is 0 Å². The van der Waals surface area contributed by atoms with Gasteiger partial charge in [-0.2, -0.15) is 18.3 Å². The van der Waals surface area contributed by atoms with Gasteiger partial charge in [-0.05, 0) is 36.4 Å². The van der Waals surface area contributed by atoms with Crippen LogP contribution in [0.3, 0.4) is 0 Å². The highest BCUT2D eigenvalue weighted by Crippen LogP contribution is 2.36. The van der Waals surface area contributed by atoms with Crippen molar-refractivity contribution in [3.63, 3.8) is 0 Å². The number of aromatic nitrogens is 2. The van der Waals surface area contributed by atoms with Gasteiger partial charge in [0, 0.05) is 5.02 Å². The molecule has 0 aliphatic rings. The van der Waals surface area contributed by atoms with Gasteiger partial charge in [-0.1, -0.05) is 29.8 Å². The Balaban J connectivity index is 1.90. The number of alkyl halides is 3. The highest BCUT2D eigenvalue weighted by atomic mass is 35.5. The van der Waals surface area contributed by atoms with Gasteiger partial charge in [0.2, 0.25) is 0 Å². The van der Waals surface area contributed by atoms with E-state index in [1.807, 2.05) is 0 Å². The third-order valence-corrected chi connectivity index (χ3v) is 3.55. The molecule has 1 aromatic heterocycles. The number of benzene rings is 2. The zero-order valence-corrected chi connectivity index (χ0v) is 13.8. The first-order valence-electron chi connectivity index (χ1n) is 7.29. The Labute approximate surface area is 151 Å². The molecule has 0 aliphatic carbocycles. The van der Waals surface area contributed by atoms with Gasteiger partial charge in [0.15, 0.2) is 5.69 Å². The molecule has 9 heteroatoms. The van der Waals surface area contributed by atoms with Gasteiger partial charge in [0.1, 0.15) is 5.75 Å². The lowest BCUT2D eigenvalue weighted by atomic mass is 10.3. The molecule has 0 fully saturated rings. The molecule has 134 valence electrons. The van der Waals surface area contributed by atoms with E-state index in [1.54, 1.807) is 18.2 Å². The topological polar surface area (TPSA) is 56.2 Å². The lowest BCUT2D eigenvalue weighted by Gasteiger charge is -2.13. The minimum atomic E-state index is -4.76. The Morgan fingerprint density at radius 1 is 1.08 bits per heavy atom. The summed E-state index contributed by atoms with van der Waals surface area (Å²) in [4.78, 5) is 11.9. The number of para-hydroxylation sites is 1. The van der Waals surface area contributed by atoms with Crippen LogP contribution >= 0.6 is 11.6 Å². The summed E-state index contributed by atoms with van der Waals surface area (Å²) in [6.07, 6.45) is -4.91. The number of carbonyl (C=O) groups is 1. The van der Waals surface area contributed by atoms with Crippen LogP contribution in [0, 0.1) is 0 Å². The van der Waals surface area contributed by atoms with Crippen molar-refractivity contribution in [1.29, 1.82) is 0 Å². The van der Waals surface area contributed by atoms with E-state index in [0.29, 0.717) is 9.70 Å². The van der Waals surface area contributed by atoms with Crippen LogP contribution in [0.4, 0.5) is 23.7 Å². The second kappa shape index (κ2) is 7.09. The largest absolute Gasteiger partial charge is 0.435 e. The number of carbonyl (C=O) groups excluding carboxylic acids is 1. The summed E-state index contributed by atoms with van der Waals surface area (Å²) in [7, 11) is 0. The predicted octanol–water partition coefficient (Wildman–Crippen LogP) is 5.16. The van der Waals surface area contributed by atoms with Crippen LogP contribution in [0.25, 0.3) is 5.69 Å². The van der Waals surface area contributed by atoms with E-state index in [4.69, 9.17) is 16.3 Å². The van der Waals surface area contributed by atoms with Gasteiger partial charge in [0.05, 0.1) is 17.6 Å². The lowest BCUT2D eigenvalue weighted by Crippen LogP contribution is -2.21. The molecule has 0 saturated carbocycles. The third-order valence-electron chi connectivity index (χ3n) is 3.30. The Morgan fingerprint density at radius 2 is 1.73 bits per heavy atom. The number of hydrogen-bond donors (Lipinski definition) is 1. The molecule has 2 aromatic carbocycles. The van der Waals surface area contributed by atoms with Crippen molar-refractivity contribution in [3.05, 3.63) is 71.5 Å². The Morgan fingerprint density at radius 3 is 2.35 bits per heavy atom. The first kappa shape index (κ1) is 17.8. The van der Waals surface area contributed by atoms with Crippen molar-refractivity contribution in [1.82, 2.24) is 9.78 Å². The van der Waals surface area contributed by atoms with Crippen LogP contribution in [-0.4, -0.2) is 15.9 Å². The second-order valence-corrected chi connectivity index (χ2v) is 5.56. The van der Waals surface area contributed by atoms with Gasteiger partial charge in [-0.15, -0.1) is 0 Å². The van der Waals surface area contributed by atoms with Crippen LogP contribution in [0.15, 0.2) is 60.8 Å². The number of amides is 1. The molecule has 0 saturated heterocycles. The predicted molar refractivity (Wildman–Crippen MR) is 89.7 cm³/mol. The quantitative estimate of drug-likeness (QED) is 0.682. The van der Waals surface area contributed by atoms with E-state index < -0.39 is 23.7 Å². The molecule has 0 spiro atoms. The number of nitrogens with one attached hydrogen (secondary N) is 1. The number of ether oxygens (including phenoxy) is 1. The summed E-state index contributed by atoms with van der Waals surface area (Å²) in [6.45, 7) is 0. The summed E-state index contributed by atoms with van der Waals surface area (Å²) in [6, 6.07) is 13.6. The van der Waals surface area contributed by atoms with Gasteiger partial charge in [-0.3, -0.25) is 5.32 Å². The monoisotopic (exact) mass is 381 g/mol. The van der Waals surface area contributed by atoms with Crippen molar-refractivity contribution in [3.8, 4) is 11.4 Å². The SMILES string of the molecule is O=C(Nc1cnn(-c2ccc(Cl)cc2)c1C(F)(F)F)Oc1ccccc1. The summed E-state index contributed by atoms with van der Waals surface area (Å²) >= 11 is 5.75. The van der Waals surface area contributed by atoms with Gasteiger partial charge >= 0.3 is 12.3 Å². The molecule has 1 N–H and O–H groups in total. The number of anilines is 1. The van der Waals surface area contributed by atoms with E-state index in [0.717, 1.165) is 6.20 Å². The van der Waals surface area contributed by atoms with E-state index in [-0.39, 0.29) is 11.4 Å². The molecular weight excluding hydrogens is 371 g/mol. The van der Waals surface area contributed by atoms with E-state index in [1.165, 1.54) is 36.4 Å². The molecule has 0 unspecified atom stereocenters. The standard InChI is InChI=1S/C17H11ClF3N3O2/c18-11-6-8-12(9-7-11)24-15(17(19,20)21)14(10-22-24)23-16(25)26-13-4-2-1-3-5-13/h1-10H,(H,23,25). The average molecular weight is 382 g/mol. The minimum Gasteiger partial charge on any atom is -0.410 e. The highest BCUT2D eigenvalue weighted by Gasteiger charge is 2.39. The number of hydrogen-bond acceptors (Lipinski definition) is 3. The number of nitrogens with zero attached hydrogens (tertiary/aromatic N) is 2. The first-order chi connectivity index (χ1) is 12.3. The normalized spacial score (nSPS) is 11.2. The van der Waals surface area contributed by atoms with Crippen LogP contribution in [0.1, 0.15) is 5.69 Å². The second-order valence-electron chi connectivity index (χ2n) is 5.12. The molecule has 5 nitrogen and oxygen atoms in total. The molecule has 26 heavy (non-hydrogen) atoms. The molecule has 0 bridgehead atoms. The number of halogens is 4. The fraction of sp³-hybridized carbons (Fsp3) is 0.0588. The molecule has 0 aliphatic heterocycles.